The van der Waals surface area contributed by atoms with Crippen molar-refractivity contribution in [2.75, 3.05) is 14.2 Å². The molecule has 0 saturated carbocycles. The van der Waals surface area contributed by atoms with E-state index in [9.17, 15) is 0 Å². The van der Waals surface area contributed by atoms with Crippen molar-refractivity contribution in [1.82, 2.24) is 9.97 Å². The summed E-state index contributed by atoms with van der Waals surface area (Å²) >= 11 is 0. The Balaban J connectivity index is 2.44. The first-order valence-corrected chi connectivity index (χ1v) is 7.43. The smallest absolute Gasteiger partial charge is 0.240 e. The summed E-state index contributed by atoms with van der Waals surface area (Å²) in [5.41, 5.74) is 6.89. The van der Waals surface area contributed by atoms with Crippen molar-refractivity contribution in [3.8, 4) is 11.8 Å². The van der Waals surface area contributed by atoms with Crippen molar-refractivity contribution in [2.24, 2.45) is 5.73 Å². The highest BCUT2D eigenvalue weighted by Crippen LogP contribution is 2.25. The molecule has 20 heavy (non-hydrogen) atoms. The van der Waals surface area contributed by atoms with Crippen molar-refractivity contribution >= 4 is 0 Å². The van der Waals surface area contributed by atoms with Crippen LogP contribution in [0.15, 0.2) is 6.20 Å². The molecule has 1 heterocycles. The molecule has 1 unspecified atom stereocenters. The van der Waals surface area contributed by atoms with Crippen LogP contribution in [0.1, 0.15) is 63.6 Å². The van der Waals surface area contributed by atoms with E-state index in [4.69, 9.17) is 15.2 Å². The topological polar surface area (TPSA) is 70.3 Å². The first kappa shape index (κ1) is 16.7. The first-order valence-electron chi connectivity index (χ1n) is 7.43. The maximum atomic E-state index is 6.18. The van der Waals surface area contributed by atoms with E-state index in [1.165, 1.54) is 32.1 Å². The second-order valence-electron chi connectivity index (χ2n) is 4.97. The normalized spacial score (nSPS) is 12.2. The van der Waals surface area contributed by atoms with Crippen LogP contribution in [0.3, 0.4) is 0 Å². The summed E-state index contributed by atoms with van der Waals surface area (Å²) in [5.74, 6) is 0.903. The second-order valence-corrected chi connectivity index (χ2v) is 4.97. The predicted octanol–water partition coefficient (Wildman–Crippen LogP) is 3.24. The fraction of sp³-hybridized carbons (Fsp3) is 0.733. The third kappa shape index (κ3) is 5.33. The molecule has 5 heteroatoms. The fourth-order valence-corrected chi connectivity index (χ4v) is 2.15. The molecule has 0 saturated heterocycles. The largest absolute Gasteiger partial charge is 0.480 e. The van der Waals surface area contributed by atoms with Crippen LogP contribution >= 0.6 is 0 Å². The third-order valence-corrected chi connectivity index (χ3v) is 3.37. The molecule has 2 N–H and O–H groups in total. The summed E-state index contributed by atoms with van der Waals surface area (Å²) in [6, 6.07) is -0.130. The minimum Gasteiger partial charge on any atom is -0.480 e. The lowest BCUT2D eigenvalue weighted by molar-refractivity contribution is 0.352. The Labute approximate surface area is 121 Å². The van der Waals surface area contributed by atoms with Gasteiger partial charge in [-0.2, -0.15) is 4.98 Å². The van der Waals surface area contributed by atoms with E-state index in [2.05, 4.69) is 16.9 Å². The molecule has 0 aliphatic rings. The quantitative estimate of drug-likeness (QED) is 0.667. The Hall–Kier alpha value is -1.36. The van der Waals surface area contributed by atoms with Gasteiger partial charge in [0.05, 0.1) is 26.5 Å². The third-order valence-electron chi connectivity index (χ3n) is 3.37. The minimum absolute atomic E-state index is 0.130. The summed E-state index contributed by atoms with van der Waals surface area (Å²) in [7, 11) is 3.13. The van der Waals surface area contributed by atoms with Gasteiger partial charge in [-0.3, -0.25) is 0 Å². The molecule has 1 aromatic rings. The van der Waals surface area contributed by atoms with Crippen molar-refractivity contribution in [3.63, 3.8) is 0 Å². The molecule has 0 spiro atoms. The van der Waals surface area contributed by atoms with Crippen LogP contribution in [0.4, 0.5) is 0 Å². The molecule has 0 aromatic carbocycles. The number of nitrogens with two attached hydrogens (primary N) is 1. The van der Waals surface area contributed by atoms with Crippen LogP contribution < -0.4 is 15.2 Å². The second kappa shape index (κ2) is 9.53. The lowest BCUT2D eigenvalue weighted by Gasteiger charge is -2.14. The fourth-order valence-electron chi connectivity index (χ4n) is 2.15. The van der Waals surface area contributed by atoms with Crippen molar-refractivity contribution in [1.29, 1.82) is 0 Å². The molecule has 1 aromatic heterocycles. The zero-order valence-electron chi connectivity index (χ0n) is 12.9. The SMILES string of the molecule is CCCCCCCCC(N)c1ncc(OC)nc1OC. The molecule has 0 fully saturated rings. The van der Waals surface area contributed by atoms with Crippen LogP contribution in [0, 0.1) is 0 Å². The van der Waals surface area contributed by atoms with Gasteiger partial charge in [-0.1, -0.05) is 45.4 Å². The van der Waals surface area contributed by atoms with Gasteiger partial charge >= 0.3 is 0 Å². The van der Waals surface area contributed by atoms with E-state index in [0.29, 0.717) is 17.5 Å². The zero-order chi connectivity index (χ0) is 14.8. The van der Waals surface area contributed by atoms with E-state index in [0.717, 1.165) is 12.8 Å². The summed E-state index contributed by atoms with van der Waals surface area (Å²) < 4.78 is 10.3. The van der Waals surface area contributed by atoms with E-state index < -0.39 is 0 Å². The number of methoxy groups -OCH3 is 2. The maximum absolute atomic E-state index is 6.18. The Morgan fingerprint density at radius 1 is 1.10 bits per heavy atom. The standard InChI is InChI=1S/C15H27N3O2/c1-4-5-6-7-8-9-10-12(16)14-15(20-3)18-13(19-2)11-17-14/h11-12H,4-10,16H2,1-3H3. The molecule has 0 aliphatic carbocycles. The van der Waals surface area contributed by atoms with Gasteiger partial charge in [0.25, 0.3) is 0 Å². The number of unbranched alkanes of at least 4 members (excludes halogenated alkanes) is 5. The van der Waals surface area contributed by atoms with Gasteiger partial charge < -0.3 is 15.2 Å². The predicted molar refractivity (Wildman–Crippen MR) is 80.1 cm³/mol. The highest BCUT2D eigenvalue weighted by atomic mass is 16.5. The number of ether oxygens (including phenoxy) is 2. The van der Waals surface area contributed by atoms with Gasteiger partial charge in [-0.25, -0.2) is 4.98 Å². The molecule has 5 nitrogen and oxygen atoms in total. The Bertz CT molecular complexity index is 385. The van der Waals surface area contributed by atoms with Crippen LogP contribution in [-0.2, 0) is 0 Å². The molecule has 0 aliphatic heterocycles. The molecule has 0 amide bonds. The summed E-state index contributed by atoms with van der Waals surface area (Å²) in [6.45, 7) is 2.23. The van der Waals surface area contributed by atoms with Crippen LogP contribution in [0.2, 0.25) is 0 Å². The van der Waals surface area contributed by atoms with Crippen molar-refractivity contribution in [3.05, 3.63) is 11.9 Å². The highest BCUT2D eigenvalue weighted by molar-refractivity contribution is 5.25. The Morgan fingerprint density at radius 2 is 1.80 bits per heavy atom. The van der Waals surface area contributed by atoms with E-state index in [-0.39, 0.29) is 6.04 Å². The number of hydrogen-bond acceptors (Lipinski definition) is 5. The summed E-state index contributed by atoms with van der Waals surface area (Å²) in [4.78, 5) is 8.52. The van der Waals surface area contributed by atoms with Crippen molar-refractivity contribution < 1.29 is 9.47 Å². The number of nitrogens with zero attached hydrogens (tertiary/aromatic N) is 2. The number of hydrogen-bond donors (Lipinski definition) is 1. The number of rotatable bonds is 10. The highest BCUT2D eigenvalue weighted by Gasteiger charge is 2.15. The van der Waals surface area contributed by atoms with Crippen LogP contribution in [0.25, 0.3) is 0 Å². The monoisotopic (exact) mass is 281 g/mol. The maximum Gasteiger partial charge on any atom is 0.240 e. The van der Waals surface area contributed by atoms with Gasteiger partial charge in [0.1, 0.15) is 5.69 Å². The van der Waals surface area contributed by atoms with Crippen LogP contribution in [-0.4, -0.2) is 24.2 Å². The number of aromatic nitrogens is 2. The Kier molecular flexibility index (Phi) is 7.95. The van der Waals surface area contributed by atoms with Crippen molar-refractivity contribution in [2.45, 2.75) is 57.9 Å². The molecule has 1 rings (SSSR count). The van der Waals surface area contributed by atoms with E-state index in [1.807, 2.05) is 0 Å². The first-order chi connectivity index (χ1) is 9.72. The minimum atomic E-state index is -0.130. The van der Waals surface area contributed by atoms with Gasteiger partial charge in [-0.05, 0) is 6.42 Å². The molecular formula is C15H27N3O2. The van der Waals surface area contributed by atoms with Gasteiger partial charge in [-0.15, -0.1) is 0 Å². The zero-order valence-corrected chi connectivity index (χ0v) is 12.9. The van der Waals surface area contributed by atoms with Crippen LogP contribution in [0.5, 0.6) is 11.8 Å². The van der Waals surface area contributed by atoms with E-state index in [1.54, 1.807) is 20.4 Å². The molecule has 0 radical (unpaired) electrons. The molecule has 1 atom stereocenters. The average molecular weight is 281 g/mol. The molecular weight excluding hydrogens is 254 g/mol. The summed E-state index contributed by atoms with van der Waals surface area (Å²) in [6.07, 6.45) is 10.0. The summed E-state index contributed by atoms with van der Waals surface area (Å²) in [5, 5.41) is 0. The van der Waals surface area contributed by atoms with Gasteiger partial charge in [0, 0.05) is 0 Å². The lowest BCUT2D eigenvalue weighted by Crippen LogP contribution is -2.14. The lowest BCUT2D eigenvalue weighted by atomic mass is 10.0. The van der Waals surface area contributed by atoms with Gasteiger partial charge in [0.15, 0.2) is 0 Å². The molecule has 0 bridgehead atoms. The Morgan fingerprint density at radius 3 is 2.45 bits per heavy atom. The van der Waals surface area contributed by atoms with E-state index >= 15 is 0 Å². The van der Waals surface area contributed by atoms with Gasteiger partial charge in [0.2, 0.25) is 11.8 Å². The molecule has 114 valence electrons. The average Bonchev–Trinajstić information content (AvgIpc) is 2.49.